The predicted molar refractivity (Wildman–Crippen MR) is 67.8 cm³/mol. The Kier molecular flexibility index (Phi) is 6.81. The highest BCUT2D eigenvalue weighted by molar-refractivity contribution is 5.26. The van der Waals surface area contributed by atoms with Crippen LogP contribution in [0.4, 0.5) is 0 Å². The maximum absolute atomic E-state index is 8.59. The Morgan fingerprint density at radius 3 is 2.59 bits per heavy atom. The van der Waals surface area contributed by atoms with E-state index in [1.54, 1.807) is 18.3 Å². The summed E-state index contributed by atoms with van der Waals surface area (Å²) in [5.74, 6) is 0.748. The average Bonchev–Trinajstić information content (AvgIpc) is 2.38. The first-order valence-corrected chi connectivity index (χ1v) is 6.35. The molecule has 0 spiro atoms. The lowest BCUT2D eigenvalue weighted by Crippen LogP contribution is -1.98. The molecular weight excluding hydrogens is 212 g/mol. The summed E-state index contributed by atoms with van der Waals surface area (Å²) in [6, 6.07) is 5.45. The van der Waals surface area contributed by atoms with Gasteiger partial charge in [0.15, 0.2) is 0 Å². The third-order valence-corrected chi connectivity index (χ3v) is 2.62. The Morgan fingerprint density at radius 1 is 1.18 bits per heavy atom. The van der Waals surface area contributed by atoms with Crippen LogP contribution in [0, 0.1) is 11.3 Å². The van der Waals surface area contributed by atoms with Gasteiger partial charge in [-0.1, -0.05) is 39.0 Å². The Bertz CT molecular complexity index is 340. The molecule has 0 atom stereocenters. The lowest BCUT2D eigenvalue weighted by Gasteiger charge is -2.05. The van der Waals surface area contributed by atoms with Gasteiger partial charge in [0.2, 0.25) is 0 Å². The molecule has 1 aromatic heterocycles. The van der Waals surface area contributed by atoms with E-state index in [4.69, 9.17) is 10.00 Å². The SMILES string of the molecule is CCCCCCCCOc1ccc(C#N)nc1. The summed E-state index contributed by atoms with van der Waals surface area (Å²) in [6.07, 6.45) is 9.16. The second-order valence-corrected chi connectivity index (χ2v) is 4.11. The van der Waals surface area contributed by atoms with E-state index < -0.39 is 0 Å². The molecule has 0 saturated heterocycles. The van der Waals surface area contributed by atoms with Crippen LogP contribution in [0.15, 0.2) is 18.3 Å². The van der Waals surface area contributed by atoms with Crippen LogP contribution < -0.4 is 4.74 Å². The second kappa shape index (κ2) is 8.58. The molecule has 0 saturated carbocycles. The van der Waals surface area contributed by atoms with Crippen molar-refractivity contribution in [2.75, 3.05) is 6.61 Å². The van der Waals surface area contributed by atoms with Crippen LogP contribution in [0.2, 0.25) is 0 Å². The van der Waals surface area contributed by atoms with Crippen molar-refractivity contribution in [3.8, 4) is 11.8 Å². The molecule has 0 fully saturated rings. The maximum Gasteiger partial charge on any atom is 0.140 e. The molecule has 0 aromatic carbocycles. The highest BCUT2D eigenvalue weighted by Gasteiger charge is 1.96. The summed E-state index contributed by atoms with van der Waals surface area (Å²) >= 11 is 0. The van der Waals surface area contributed by atoms with Gasteiger partial charge in [0.05, 0.1) is 12.8 Å². The number of nitriles is 1. The van der Waals surface area contributed by atoms with Crippen LogP contribution >= 0.6 is 0 Å². The lowest BCUT2D eigenvalue weighted by molar-refractivity contribution is 0.303. The Balaban J connectivity index is 2.08. The number of unbranched alkanes of at least 4 members (excludes halogenated alkanes) is 5. The predicted octanol–water partition coefficient (Wildman–Crippen LogP) is 3.69. The first kappa shape index (κ1) is 13.5. The van der Waals surface area contributed by atoms with E-state index >= 15 is 0 Å². The van der Waals surface area contributed by atoms with E-state index in [1.807, 2.05) is 6.07 Å². The van der Waals surface area contributed by atoms with E-state index in [1.165, 1.54) is 32.1 Å². The van der Waals surface area contributed by atoms with Gasteiger partial charge in [-0.3, -0.25) is 0 Å². The van der Waals surface area contributed by atoms with Crippen LogP contribution in [0.25, 0.3) is 0 Å². The summed E-state index contributed by atoms with van der Waals surface area (Å²) in [5, 5.41) is 8.59. The molecule has 0 aliphatic heterocycles. The zero-order valence-electron chi connectivity index (χ0n) is 10.5. The van der Waals surface area contributed by atoms with Crippen molar-refractivity contribution in [3.05, 3.63) is 24.0 Å². The van der Waals surface area contributed by atoms with Crippen molar-refractivity contribution in [2.24, 2.45) is 0 Å². The molecule has 0 unspecified atom stereocenters. The monoisotopic (exact) mass is 232 g/mol. The van der Waals surface area contributed by atoms with Gasteiger partial charge in [0, 0.05) is 0 Å². The summed E-state index contributed by atoms with van der Waals surface area (Å²) in [7, 11) is 0. The smallest absolute Gasteiger partial charge is 0.140 e. The number of pyridine rings is 1. The molecule has 1 heterocycles. The molecule has 0 bridgehead atoms. The van der Waals surface area contributed by atoms with Gasteiger partial charge in [0.25, 0.3) is 0 Å². The van der Waals surface area contributed by atoms with Gasteiger partial charge in [-0.25, -0.2) is 4.98 Å². The van der Waals surface area contributed by atoms with Crippen molar-refractivity contribution in [2.45, 2.75) is 45.4 Å². The molecule has 17 heavy (non-hydrogen) atoms. The van der Waals surface area contributed by atoms with E-state index in [0.717, 1.165) is 18.8 Å². The van der Waals surface area contributed by atoms with Crippen LogP contribution in [0.5, 0.6) is 5.75 Å². The molecular formula is C14H20N2O. The molecule has 1 aromatic rings. The average molecular weight is 232 g/mol. The maximum atomic E-state index is 8.59. The van der Waals surface area contributed by atoms with Crippen molar-refractivity contribution >= 4 is 0 Å². The fourth-order valence-corrected chi connectivity index (χ4v) is 1.60. The molecule has 0 radical (unpaired) electrons. The fraction of sp³-hybridized carbons (Fsp3) is 0.571. The largest absolute Gasteiger partial charge is 0.492 e. The summed E-state index contributed by atoms with van der Waals surface area (Å²) < 4.78 is 5.54. The van der Waals surface area contributed by atoms with E-state index in [9.17, 15) is 0 Å². The lowest BCUT2D eigenvalue weighted by atomic mass is 10.1. The van der Waals surface area contributed by atoms with Crippen LogP contribution in [0.3, 0.4) is 0 Å². The van der Waals surface area contributed by atoms with Crippen molar-refractivity contribution in [3.63, 3.8) is 0 Å². The minimum Gasteiger partial charge on any atom is -0.492 e. The van der Waals surface area contributed by atoms with Crippen molar-refractivity contribution in [1.29, 1.82) is 5.26 Å². The zero-order chi connectivity index (χ0) is 12.3. The van der Waals surface area contributed by atoms with Gasteiger partial charge in [-0.2, -0.15) is 5.26 Å². The van der Waals surface area contributed by atoms with Crippen molar-refractivity contribution < 1.29 is 4.74 Å². The minimum absolute atomic E-state index is 0.428. The molecule has 92 valence electrons. The van der Waals surface area contributed by atoms with Crippen LogP contribution in [-0.4, -0.2) is 11.6 Å². The highest BCUT2D eigenvalue weighted by Crippen LogP contribution is 2.10. The van der Waals surface area contributed by atoms with Gasteiger partial charge in [-0.15, -0.1) is 0 Å². The standard InChI is InChI=1S/C14H20N2O/c1-2-3-4-5-6-7-10-17-14-9-8-13(11-15)16-12-14/h8-9,12H,2-7,10H2,1H3. The summed E-state index contributed by atoms with van der Waals surface area (Å²) in [6.45, 7) is 2.96. The van der Waals surface area contributed by atoms with Crippen LogP contribution in [-0.2, 0) is 0 Å². The number of hydrogen-bond acceptors (Lipinski definition) is 3. The molecule has 0 aliphatic carbocycles. The normalized spacial score (nSPS) is 9.88. The highest BCUT2D eigenvalue weighted by atomic mass is 16.5. The van der Waals surface area contributed by atoms with Gasteiger partial charge in [-0.05, 0) is 18.6 Å². The van der Waals surface area contributed by atoms with Crippen molar-refractivity contribution in [1.82, 2.24) is 4.98 Å². The second-order valence-electron chi connectivity index (χ2n) is 4.11. The van der Waals surface area contributed by atoms with E-state index in [2.05, 4.69) is 11.9 Å². The topological polar surface area (TPSA) is 45.9 Å². The molecule has 3 nitrogen and oxygen atoms in total. The Hall–Kier alpha value is -1.56. The van der Waals surface area contributed by atoms with E-state index in [-0.39, 0.29) is 0 Å². The van der Waals surface area contributed by atoms with Gasteiger partial charge < -0.3 is 4.74 Å². The third kappa shape index (κ3) is 5.91. The Labute approximate surface area is 103 Å². The van der Waals surface area contributed by atoms with Gasteiger partial charge >= 0.3 is 0 Å². The number of ether oxygens (including phenoxy) is 1. The zero-order valence-corrected chi connectivity index (χ0v) is 10.5. The van der Waals surface area contributed by atoms with Crippen LogP contribution in [0.1, 0.15) is 51.1 Å². The summed E-state index contributed by atoms with van der Waals surface area (Å²) in [4.78, 5) is 3.95. The first-order valence-electron chi connectivity index (χ1n) is 6.35. The quantitative estimate of drug-likeness (QED) is 0.642. The molecule has 0 N–H and O–H groups in total. The number of aromatic nitrogens is 1. The van der Waals surface area contributed by atoms with Gasteiger partial charge in [0.1, 0.15) is 17.5 Å². The number of rotatable bonds is 8. The third-order valence-electron chi connectivity index (χ3n) is 2.62. The minimum atomic E-state index is 0.428. The summed E-state index contributed by atoms with van der Waals surface area (Å²) in [5.41, 5.74) is 0.428. The molecule has 1 rings (SSSR count). The number of nitrogens with zero attached hydrogens (tertiary/aromatic N) is 2. The Morgan fingerprint density at radius 2 is 1.94 bits per heavy atom. The van der Waals surface area contributed by atoms with E-state index in [0.29, 0.717) is 5.69 Å². The molecule has 0 aliphatic rings. The molecule has 3 heteroatoms. The molecule has 0 amide bonds. The fourth-order valence-electron chi connectivity index (χ4n) is 1.60. The first-order chi connectivity index (χ1) is 8.36. The number of hydrogen-bond donors (Lipinski definition) is 0.